The highest BCUT2D eigenvalue weighted by Gasteiger charge is 2.17. The largest absolute Gasteiger partial charge is 0.507 e. The van der Waals surface area contributed by atoms with E-state index in [0.717, 1.165) is 33.6 Å². The van der Waals surface area contributed by atoms with Crippen molar-refractivity contribution in [2.75, 3.05) is 0 Å². The lowest BCUT2D eigenvalue weighted by Gasteiger charge is -2.12. The Morgan fingerprint density at radius 1 is 0.818 bits per heavy atom. The van der Waals surface area contributed by atoms with Crippen LogP contribution in [0.3, 0.4) is 0 Å². The average Bonchev–Trinajstić information content (AvgIpc) is 2.72. The fraction of sp³-hybridized carbons (Fsp3) is 0.0476. The zero-order valence-corrected chi connectivity index (χ0v) is 12.2. The van der Waals surface area contributed by atoms with Crippen molar-refractivity contribution in [2.24, 2.45) is 0 Å². The second-order valence-electron chi connectivity index (χ2n) is 5.56. The van der Waals surface area contributed by atoms with E-state index in [1.165, 1.54) is 5.56 Å². The number of hydrogen-bond donors (Lipinski definition) is 1. The van der Waals surface area contributed by atoms with Crippen molar-refractivity contribution >= 4 is 11.3 Å². The maximum Gasteiger partial charge on any atom is 0.130 e. The van der Waals surface area contributed by atoms with E-state index < -0.39 is 0 Å². The van der Waals surface area contributed by atoms with E-state index in [1.807, 2.05) is 36.4 Å². The minimum atomic E-state index is 0.372. The topological polar surface area (TPSA) is 20.2 Å². The molecule has 2 aliphatic carbocycles. The first-order valence-electron chi connectivity index (χ1n) is 7.51. The van der Waals surface area contributed by atoms with Crippen molar-refractivity contribution in [2.45, 2.75) is 6.42 Å². The SMILES string of the molecule is OC1=c2ccccc2=C(c2ccccc2)C=C2CC=CC=C21. The third-order valence-electron chi connectivity index (χ3n) is 4.21. The first kappa shape index (κ1) is 12.9. The van der Waals surface area contributed by atoms with Crippen LogP contribution in [0.25, 0.3) is 11.3 Å². The summed E-state index contributed by atoms with van der Waals surface area (Å²) in [5.74, 6) is 0.372. The molecule has 0 aliphatic heterocycles. The highest BCUT2D eigenvalue weighted by atomic mass is 16.3. The molecule has 0 bridgehead atoms. The van der Waals surface area contributed by atoms with Gasteiger partial charge < -0.3 is 5.11 Å². The number of benzene rings is 2. The fourth-order valence-electron chi connectivity index (χ4n) is 3.12. The molecule has 2 aliphatic rings. The van der Waals surface area contributed by atoms with E-state index in [0.29, 0.717) is 5.76 Å². The maximum atomic E-state index is 10.8. The molecule has 2 aromatic rings. The maximum absolute atomic E-state index is 10.8. The fourth-order valence-corrected chi connectivity index (χ4v) is 3.12. The molecule has 22 heavy (non-hydrogen) atoms. The Hall–Kier alpha value is -2.80. The molecule has 0 spiro atoms. The minimum absolute atomic E-state index is 0.372. The Morgan fingerprint density at radius 3 is 2.36 bits per heavy atom. The molecule has 0 saturated heterocycles. The molecule has 0 aromatic heterocycles. The highest BCUT2D eigenvalue weighted by molar-refractivity contribution is 5.81. The van der Waals surface area contributed by atoms with Crippen molar-refractivity contribution in [1.82, 2.24) is 0 Å². The summed E-state index contributed by atoms with van der Waals surface area (Å²) in [6.45, 7) is 0. The predicted molar refractivity (Wildman–Crippen MR) is 90.6 cm³/mol. The van der Waals surface area contributed by atoms with E-state index >= 15 is 0 Å². The Kier molecular flexibility index (Phi) is 3.05. The zero-order chi connectivity index (χ0) is 14.9. The third kappa shape index (κ3) is 2.03. The summed E-state index contributed by atoms with van der Waals surface area (Å²) in [6.07, 6.45) is 9.20. The van der Waals surface area contributed by atoms with E-state index in [1.54, 1.807) is 0 Å². The molecule has 1 N–H and O–H groups in total. The van der Waals surface area contributed by atoms with Gasteiger partial charge in [-0.15, -0.1) is 0 Å². The van der Waals surface area contributed by atoms with Gasteiger partial charge in [-0.05, 0) is 34.4 Å². The van der Waals surface area contributed by atoms with Crippen molar-refractivity contribution in [1.29, 1.82) is 0 Å². The van der Waals surface area contributed by atoms with Crippen LogP contribution in [0.2, 0.25) is 0 Å². The van der Waals surface area contributed by atoms with Crippen molar-refractivity contribution in [3.8, 4) is 0 Å². The number of aliphatic hydroxyl groups excluding tert-OH is 1. The average molecular weight is 284 g/mol. The lowest BCUT2D eigenvalue weighted by atomic mass is 9.94. The van der Waals surface area contributed by atoms with Gasteiger partial charge in [0, 0.05) is 10.8 Å². The Balaban J connectivity index is 2.15. The summed E-state index contributed by atoms with van der Waals surface area (Å²) in [5, 5.41) is 12.7. The summed E-state index contributed by atoms with van der Waals surface area (Å²) in [5.41, 5.74) is 4.43. The van der Waals surface area contributed by atoms with Crippen LogP contribution in [0.1, 0.15) is 12.0 Å². The molecule has 106 valence electrons. The van der Waals surface area contributed by atoms with Crippen LogP contribution in [0.15, 0.2) is 90.0 Å². The first-order chi connectivity index (χ1) is 10.8. The molecule has 4 rings (SSSR count). The van der Waals surface area contributed by atoms with Gasteiger partial charge in [-0.2, -0.15) is 0 Å². The van der Waals surface area contributed by atoms with Crippen LogP contribution >= 0.6 is 0 Å². The summed E-state index contributed by atoms with van der Waals surface area (Å²) in [7, 11) is 0. The highest BCUT2D eigenvalue weighted by Crippen LogP contribution is 2.29. The quantitative estimate of drug-likeness (QED) is 0.851. The number of rotatable bonds is 1. The van der Waals surface area contributed by atoms with Crippen molar-refractivity contribution in [3.05, 3.63) is 106 Å². The normalized spacial score (nSPS) is 16.4. The van der Waals surface area contributed by atoms with Gasteiger partial charge in [-0.3, -0.25) is 0 Å². The third-order valence-corrected chi connectivity index (χ3v) is 4.21. The molecule has 0 saturated carbocycles. The zero-order valence-electron chi connectivity index (χ0n) is 12.2. The summed E-state index contributed by atoms with van der Waals surface area (Å²) in [4.78, 5) is 0. The number of aliphatic hydroxyl groups is 1. The van der Waals surface area contributed by atoms with Crippen molar-refractivity contribution in [3.63, 3.8) is 0 Å². The number of allylic oxidation sites excluding steroid dienone is 4. The summed E-state index contributed by atoms with van der Waals surface area (Å²) >= 11 is 0. The van der Waals surface area contributed by atoms with Gasteiger partial charge in [0.1, 0.15) is 5.76 Å². The minimum Gasteiger partial charge on any atom is -0.507 e. The molecule has 0 fully saturated rings. The van der Waals surface area contributed by atoms with Crippen molar-refractivity contribution < 1.29 is 5.11 Å². The van der Waals surface area contributed by atoms with E-state index in [-0.39, 0.29) is 0 Å². The standard InChI is InChI=1S/C21H16O/c22-21-17-11-5-4-10-16(17)14-20(15-8-2-1-3-9-15)18-12-6-7-13-19(18)21/h1-9,11-14,22H,10H2. The lowest BCUT2D eigenvalue weighted by molar-refractivity contribution is 0.505. The van der Waals surface area contributed by atoms with Crippen LogP contribution < -0.4 is 10.4 Å². The number of fused-ring (bicyclic) bond motifs is 2. The predicted octanol–water partition coefficient (Wildman–Crippen LogP) is 3.38. The van der Waals surface area contributed by atoms with Crippen LogP contribution in [0.5, 0.6) is 0 Å². The molecule has 0 radical (unpaired) electrons. The first-order valence-corrected chi connectivity index (χ1v) is 7.51. The van der Waals surface area contributed by atoms with Crippen LogP contribution in [-0.2, 0) is 0 Å². The molecule has 0 amide bonds. The van der Waals surface area contributed by atoms with E-state index in [4.69, 9.17) is 0 Å². The molecule has 1 heteroatoms. The van der Waals surface area contributed by atoms with Gasteiger partial charge in [0.05, 0.1) is 0 Å². The summed E-state index contributed by atoms with van der Waals surface area (Å²) in [6, 6.07) is 18.4. The van der Waals surface area contributed by atoms with Gasteiger partial charge in [-0.25, -0.2) is 0 Å². The molecule has 0 heterocycles. The molecular formula is C21H16O. The number of hydrogen-bond acceptors (Lipinski definition) is 1. The molecule has 2 aromatic carbocycles. The monoisotopic (exact) mass is 284 g/mol. The van der Waals surface area contributed by atoms with Gasteiger partial charge in [-0.1, -0.05) is 72.8 Å². The molecular weight excluding hydrogens is 268 g/mol. The van der Waals surface area contributed by atoms with E-state index in [2.05, 4.69) is 42.5 Å². The van der Waals surface area contributed by atoms with Gasteiger partial charge in [0.15, 0.2) is 0 Å². The lowest BCUT2D eigenvalue weighted by Crippen LogP contribution is -2.28. The molecule has 0 atom stereocenters. The van der Waals surface area contributed by atoms with Crippen LogP contribution in [0.4, 0.5) is 0 Å². The Labute approximate surface area is 129 Å². The second kappa shape index (κ2) is 5.19. The Bertz CT molecular complexity index is 941. The van der Waals surface area contributed by atoms with Gasteiger partial charge >= 0.3 is 0 Å². The van der Waals surface area contributed by atoms with E-state index in [9.17, 15) is 5.11 Å². The van der Waals surface area contributed by atoms with Crippen LogP contribution in [0, 0.1) is 0 Å². The smallest absolute Gasteiger partial charge is 0.130 e. The van der Waals surface area contributed by atoms with Crippen LogP contribution in [-0.4, -0.2) is 5.11 Å². The second-order valence-corrected chi connectivity index (χ2v) is 5.56. The van der Waals surface area contributed by atoms with Gasteiger partial charge in [0.25, 0.3) is 0 Å². The van der Waals surface area contributed by atoms with Gasteiger partial charge in [0.2, 0.25) is 0 Å². The summed E-state index contributed by atoms with van der Waals surface area (Å²) < 4.78 is 0. The molecule has 0 unspecified atom stereocenters. The Morgan fingerprint density at radius 2 is 1.55 bits per heavy atom. The molecule has 1 nitrogen and oxygen atoms in total.